The third-order valence-electron chi connectivity index (χ3n) is 3.12. The summed E-state index contributed by atoms with van der Waals surface area (Å²) in [7, 11) is 0. The minimum absolute atomic E-state index is 0.165. The summed E-state index contributed by atoms with van der Waals surface area (Å²) in [6.45, 7) is 5.76. The van der Waals surface area contributed by atoms with E-state index in [1.807, 2.05) is 24.6 Å². The van der Waals surface area contributed by atoms with Crippen LogP contribution < -0.4 is 5.32 Å². The molecule has 3 nitrogen and oxygen atoms in total. The first-order valence-corrected chi connectivity index (χ1v) is 8.02. The van der Waals surface area contributed by atoms with E-state index in [0.29, 0.717) is 21.4 Å². The van der Waals surface area contributed by atoms with Crippen molar-refractivity contribution < 1.29 is 9.18 Å². The Balaban J connectivity index is 2.33. The zero-order valence-corrected chi connectivity index (χ0v) is 15.0. The highest BCUT2D eigenvalue weighted by atomic mass is 79.9. The summed E-state index contributed by atoms with van der Waals surface area (Å²) < 4.78 is 16.5. The zero-order chi connectivity index (χ0) is 15.7. The predicted molar refractivity (Wildman–Crippen MR) is 89.3 cm³/mol. The molecule has 0 bridgehead atoms. The van der Waals surface area contributed by atoms with Crippen LogP contribution in [0.3, 0.4) is 0 Å². The number of hydrogen-bond donors (Lipinski definition) is 1. The molecule has 2 aromatic rings. The number of carbonyl (C=O) groups excluding carboxylic acids is 1. The first kappa shape index (κ1) is 16.2. The van der Waals surface area contributed by atoms with Crippen LogP contribution in [-0.2, 0) is 0 Å². The van der Waals surface area contributed by atoms with Crippen molar-refractivity contribution in [3.05, 3.63) is 50.4 Å². The van der Waals surface area contributed by atoms with Gasteiger partial charge in [0.1, 0.15) is 11.5 Å². The fourth-order valence-corrected chi connectivity index (χ4v) is 2.80. The van der Waals surface area contributed by atoms with Crippen molar-refractivity contribution in [3.63, 3.8) is 0 Å². The molecular formula is C15H15Br2FN2O. The molecule has 1 N–H and O–H groups in total. The van der Waals surface area contributed by atoms with Gasteiger partial charge in [-0.3, -0.25) is 4.79 Å². The number of benzene rings is 1. The van der Waals surface area contributed by atoms with Crippen molar-refractivity contribution >= 4 is 43.5 Å². The van der Waals surface area contributed by atoms with Gasteiger partial charge in [0.2, 0.25) is 0 Å². The van der Waals surface area contributed by atoms with Crippen LogP contribution in [0.15, 0.2) is 33.3 Å². The van der Waals surface area contributed by atoms with E-state index in [-0.39, 0.29) is 17.8 Å². The lowest BCUT2D eigenvalue weighted by Crippen LogP contribution is -2.18. The first-order chi connectivity index (χ1) is 9.79. The van der Waals surface area contributed by atoms with Crippen molar-refractivity contribution in [1.82, 2.24) is 4.57 Å². The number of aryl methyl sites for hydroxylation is 1. The van der Waals surface area contributed by atoms with Gasteiger partial charge < -0.3 is 9.88 Å². The highest BCUT2D eigenvalue weighted by Gasteiger charge is 2.16. The third-order valence-corrected chi connectivity index (χ3v) is 4.16. The number of hydrogen-bond acceptors (Lipinski definition) is 1. The van der Waals surface area contributed by atoms with E-state index >= 15 is 0 Å². The lowest BCUT2D eigenvalue weighted by Gasteiger charge is -2.14. The number of nitrogens with one attached hydrogen (secondary N) is 1. The number of rotatable bonds is 3. The minimum atomic E-state index is -0.348. The quantitative estimate of drug-likeness (QED) is 0.722. The molecule has 1 amide bonds. The van der Waals surface area contributed by atoms with Crippen LogP contribution in [-0.4, -0.2) is 10.5 Å². The molecule has 0 radical (unpaired) electrons. The number of halogens is 3. The molecule has 112 valence electrons. The van der Waals surface area contributed by atoms with E-state index < -0.39 is 0 Å². The minimum Gasteiger partial charge on any atom is -0.340 e. The van der Waals surface area contributed by atoms with Crippen LogP contribution in [0.4, 0.5) is 10.1 Å². The molecular weight excluding hydrogens is 403 g/mol. The summed E-state index contributed by atoms with van der Waals surface area (Å²) in [6.07, 6.45) is 1.87. The summed E-state index contributed by atoms with van der Waals surface area (Å²) in [5.41, 5.74) is 1.81. The second-order valence-corrected chi connectivity index (χ2v) is 6.85. The van der Waals surface area contributed by atoms with Gasteiger partial charge in [0.05, 0.1) is 4.47 Å². The number of carbonyl (C=O) groups is 1. The van der Waals surface area contributed by atoms with Gasteiger partial charge in [-0.25, -0.2) is 4.39 Å². The average molecular weight is 418 g/mol. The Hall–Kier alpha value is -1.14. The average Bonchev–Trinajstić information content (AvgIpc) is 2.78. The highest BCUT2D eigenvalue weighted by molar-refractivity contribution is 9.10. The Labute approximate surface area is 139 Å². The summed E-state index contributed by atoms with van der Waals surface area (Å²) in [4.78, 5) is 12.4. The van der Waals surface area contributed by atoms with Crippen molar-refractivity contribution in [3.8, 4) is 0 Å². The Morgan fingerprint density at radius 3 is 2.57 bits per heavy atom. The van der Waals surface area contributed by atoms with Gasteiger partial charge >= 0.3 is 0 Å². The number of nitrogens with zero attached hydrogens (tertiary/aromatic N) is 1. The maximum atomic E-state index is 13.4. The molecule has 0 aliphatic heterocycles. The van der Waals surface area contributed by atoms with Gasteiger partial charge in [-0.2, -0.15) is 0 Å². The first-order valence-electron chi connectivity index (χ1n) is 6.44. The maximum absolute atomic E-state index is 13.4. The molecule has 21 heavy (non-hydrogen) atoms. The van der Waals surface area contributed by atoms with Crippen molar-refractivity contribution in [1.29, 1.82) is 0 Å². The normalized spacial score (nSPS) is 11.0. The molecule has 0 aliphatic carbocycles. The van der Waals surface area contributed by atoms with Crippen LogP contribution in [0.2, 0.25) is 0 Å². The lowest BCUT2D eigenvalue weighted by molar-refractivity contribution is 0.101. The largest absolute Gasteiger partial charge is 0.340 e. The Kier molecular flexibility index (Phi) is 4.88. The standard InChI is InChI=1S/C15H15Br2FN2O/c1-8(2)20-7-10(16)5-14(20)15(21)19-13-6-11(17)12(18)4-9(13)3/h4-8H,1-3H3,(H,19,21). The van der Waals surface area contributed by atoms with Crippen LogP contribution >= 0.6 is 31.9 Å². The van der Waals surface area contributed by atoms with Crippen LogP contribution in [0.5, 0.6) is 0 Å². The maximum Gasteiger partial charge on any atom is 0.272 e. The van der Waals surface area contributed by atoms with Gasteiger partial charge in [0.15, 0.2) is 0 Å². The number of anilines is 1. The topological polar surface area (TPSA) is 34.0 Å². The molecule has 0 saturated carbocycles. The fourth-order valence-electron chi connectivity index (χ4n) is 2.02. The highest BCUT2D eigenvalue weighted by Crippen LogP contribution is 2.26. The molecule has 0 fully saturated rings. The second-order valence-electron chi connectivity index (χ2n) is 5.08. The molecule has 0 aliphatic rings. The van der Waals surface area contributed by atoms with Gasteiger partial charge in [0, 0.05) is 22.4 Å². The van der Waals surface area contributed by atoms with Gasteiger partial charge in [0.25, 0.3) is 5.91 Å². The predicted octanol–water partition coefficient (Wildman–Crippen LogP) is 5.29. The van der Waals surface area contributed by atoms with Gasteiger partial charge in [-0.05, 0) is 76.4 Å². The van der Waals surface area contributed by atoms with E-state index in [4.69, 9.17) is 0 Å². The Morgan fingerprint density at radius 1 is 1.29 bits per heavy atom. The van der Waals surface area contributed by atoms with Crippen molar-refractivity contribution in [2.45, 2.75) is 26.8 Å². The molecule has 1 aromatic carbocycles. The molecule has 0 spiro atoms. The fraction of sp³-hybridized carbons (Fsp3) is 0.267. The lowest BCUT2D eigenvalue weighted by atomic mass is 10.2. The zero-order valence-electron chi connectivity index (χ0n) is 11.9. The van der Waals surface area contributed by atoms with Crippen LogP contribution in [0, 0.1) is 12.7 Å². The molecule has 1 heterocycles. The summed E-state index contributed by atoms with van der Waals surface area (Å²) in [5.74, 6) is -0.574. The van der Waals surface area contributed by atoms with E-state index in [0.717, 1.165) is 4.47 Å². The number of aromatic nitrogens is 1. The molecule has 0 atom stereocenters. The summed E-state index contributed by atoms with van der Waals surface area (Å²) in [6, 6.07) is 4.89. The smallest absolute Gasteiger partial charge is 0.272 e. The van der Waals surface area contributed by atoms with Crippen molar-refractivity contribution in [2.75, 3.05) is 5.32 Å². The SMILES string of the molecule is Cc1cc(F)c(Br)cc1NC(=O)c1cc(Br)cn1C(C)C. The van der Waals surface area contributed by atoms with E-state index in [9.17, 15) is 9.18 Å². The van der Waals surface area contributed by atoms with E-state index in [1.165, 1.54) is 6.07 Å². The third kappa shape index (κ3) is 3.55. The Bertz CT molecular complexity index is 695. The monoisotopic (exact) mass is 416 g/mol. The Morgan fingerprint density at radius 2 is 1.95 bits per heavy atom. The molecule has 0 saturated heterocycles. The van der Waals surface area contributed by atoms with Crippen LogP contribution in [0.1, 0.15) is 35.9 Å². The molecule has 2 rings (SSSR count). The molecule has 1 aromatic heterocycles. The molecule has 0 unspecified atom stereocenters. The molecule has 6 heteroatoms. The van der Waals surface area contributed by atoms with Gasteiger partial charge in [-0.1, -0.05) is 0 Å². The summed E-state index contributed by atoms with van der Waals surface area (Å²) >= 11 is 6.51. The summed E-state index contributed by atoms with van der Waals surface area (Å²) in [5, 5.41) is 2.83. The second kappa shape index (κ2) is 6.32. The van der Waals surface area contributed by atoms with Crippen molar-refractivity contribution in [2.24, 2.45) is 0 Å². The van der Waals surface area contributed by atoms with Crippen LogP contribution in [0.25, 0.3) is 0 Å². The number of amides is 1. The van der Waals surface area contributed by atoms with E-state index in [1.54, 1.807) is 19.1 Å². The van der Waals surface area contributed by atoms with E-state index in [2.05, 4.69) is 37.2 Å². The van der Waals surface area contributed by atoms with Gasteiger partial charge in [-0.15, -0.1) is 0 Å².